The first kappa shape index (κ1) is 12.6. The van der Waals surface area contributed by atoms with E-state index in [0.29, 0.717) is 12.5 Å². The van der Waals surface area contributed by atoms with Gasteiger partial charge in [-0.1, -0.05) is 12.1 Å². The highest BCUT2D eigenvalue weighted by molar-refractivity contribution is 5.90. The van der Waals surface area contributed by atoms with Gasteiger partial charge in [-0.25, -0.2) is 4.98 Å². The molecule has 0 spiro atoms. The number of benzene rings is 1. The van der Waals surface area contributed by atoms with Gasteiger partial charge in [-0.2, -0.15) is 4.98 Å². The molecule has 1 aromatic heterocycles. The van der Waals surface area contributed by atoms with Crippen LogP contribution in [0, 0.1) is 0 Å². The number of rotatable bonds is 5. The van der Waals surface area contributed by atoms with Gasteiger partial charge in [-0.05, 0) is 19.1 Å². The van der Waals surface area contributed by atoms with Crippen molar-refractivity contribution in [1.29, 1.82) is 0 Å². The Kier molecular flexibility index (Phi) is 3.94. The van der Waals surface area contributed by atoms with Gasteiger partial charge in [-0.15, -0.1) is 0 Å². The first-order valence-electron chi connectivity index (χ1n) is 6.10. The molecule has 2 rings (SSSR count). The number of anilines is 2. The number of nitrogens with zero attached hydrogens (tertiary/aromatic N) is 3. The zero-order chi connectivity index (χ0) is 13.0. The molecule has 0 fully saturated rings. The average Bonchev–Trinajstić information content (AvgIpc) is 2.43. The monoisotopic (exact) mass is 246 g/mol. The van der Waals surface area contributed by atoms with E-state index < -0.39 is 0 Å². The average molecular weight is 246 g/mol. The number of aromatic nitrogens is 2. The van der Waals surface area contributed by atoms with Crippen LogP contribution in [0.1, 0.15) is 6.92 Å². The molecule has 5 nitrogen and oxygen atoms in total. The third kappa shape index (κ3) is 2.36. The number of hydrogen-bond donors (Lipinski definition) is 2. The highest BCUT2D eigenvalue weighted by atomic mass is 16.3. The van der Waals surface area contributed by atoms with Crippen LogP contribution in [-0.4, -0.2) is 41.8 Å². The molecular formula is C13H18N4O. The number of likely N-dealkylation sites (N-methyl/N-ethyl adjacent to an activating group) is 1. The Morgan fingerprint density at radius 1 is 1.28 bits per heavy atom. The zero-order valence-corrected chi connectivity index (χ0v) is 10.7. The predicted octanol–water partition coefficient (Wildman–Crippen LogP) is 1.49. The molecule has 18 heavy (non-hydrogen) atoms. The van der Waals surface area contributed by atoms with Crippen LogP contribution in [0.25, 0.3) is 10.9 Å². The van der Waals surface area contributed by atoms with Crippen LogP contribution in [-0.2, 0) is 0 Å². The molecule has 0 bridgehead atoms. The molecule has 0 amide bonds. The third-order valence-corrected chi connectivity index (χ3v) is 2.86. The molecule has 0 aliphatic rings. The van der Waals surface area contributed by atoms with Gasteiger partial charge >= 0.3 is 0 Å². The second-order valence-corrected chi connectivity index (χ2v) is 3.94. The van der Waals surface area contributed by atoms with Gasteiger partial charge in [-0.3, -0.25) is 0 Å². The standard InChI is InChI=1S/C13H18N4O/c1-3-17(8-9-18)12-10-6-4-5-7-11(10)15-13(14-2)16-12/h4-7,18H,3,8-9H2,1-2H3,(H,14,15,16). The minimum Gasteiger partial charge on any atom is -0.395 e. The molecule has 96 valence electrons. The molecule has 0 unspecified atom stereocenters. The Balaban J connectivity index is 2.58. The molecule has 0 atom stereocenters. The summed E-state index contributed by atoms with van der Waals surface area (Å²) in [5, 5.41) is 13.1. The SMILES string of the molecule is CCN(CCO)c1nc(NC)nc2ccccc12. The quantitative estimate of drug-likeness (QED) is 0.837. The highest BCUT2D eigenvalue weighted by Gasteiger charge is 2.12. The number of hydrogen-bond acceptors (Lipinski definition) is 5. The van der Waals surface area contributed by atoms with Gasteiger partial charge < -0.3 is 15.3 Å². The molecule has 1 heterocycles. The Morgan fingerprint density at radius 2 is 2.06 bits per heavy atom. The first-order valence-corrected chi connectivity index (χ1v) is 6.10. The van der Waals surface area contributed by atoms with Gasteiger partial charge in [0.2, 0.25) is 5.95 Å². The third-order valence-electron chi connectivity index (χ3n) is 2.86. The summed E-state index contributed by atoms with van der Waals surface area (Å²) < 4.78 is 0. The normalized spacial score (nSPS) is 10.6. The summed E-state index contributed by atoms with van der Waals surface area (Å²) in [7, 11) is 1.80. The molecule has 2 aromatic rings. The molecule has 0 aliphatic carbocycles. The summed E-state index contributed by atoms with van der Waals surface area (Å²) in [6, 6.07) is 7.90. The Morgan fingerprint density at radius 3 is 2.72 bits per heavy atom. The predicted molar refractivity (Wildman–Crippen MR) is 74.1 cm³/mol. The van der Waals surface area contributed by atoms with Crippen molar-refractivity contribution < 1.29 is 5.11 Å². The molecule has 0 aliphatic heterocycles. The number of aliphatic hydroxyl groups is 1. The Hall–Kier alpha value is -1.88. The van der Waals surface area contributed by atoms with Crippen LogP contribution in [0.3, 0.4) is 0 Å². The van der Waals surface area contributed by atoms with Crippen molar-refractivity contribution in [1.82, 2.24) is 9.97 Å². The fraction of sp³-hybridized carbons (Fsp3) is 0.385. The maximum absolute atomic E-state index is 9.13. The van der Waals surface area contributed by atoms with Crippen molar-refractivity contribution in [3.63, 3.8) is 0 Å². The van der Waals surface area contributed by atoms with Crippen LogP contribution in [0.15, 0.2) is 24.3 Å². The lowest BCUT2D eigenvalue weighted by Gasteiger charge is -2.22. The topological polar surface area (TPSA) is 61.3 Å². The van der Waals surface area contributed by atoms with Crippen molar-refractivity contribution in [2.45, 2.75) is 6.92 Å². The minimum atomic E-state index is 0.112. The van der Waals surface area contributed by atoms with Crippen LogP contribution in [0.2, 0.25) is 0 Å². The van der Waals surface area contributed by atoms with E-state index in [2.05, 4.69) is 15.3 Å². The maximum Gasteiger partial charge on any atom is 0.224 e. The first-order chi connectivity index (χ1) is 8.80. The van der Waals surface area contributed by atoms with E-state index in [1.165, 1.54) is 0 Å². The van der Waals surface area contributed by atoms with E-state index in [1.54, 1.807) is 7.05 Å². The molecule has 5 heteroatoms. The van der Waals surface area contributed by atoms with Gasteiger partial charge in [0, 0.05) is 25.5 Å². The van der Waals surface area contributed by atoms with Gasteiger partial charge in [0.15, 0.2) is 0 Å². The number of aliphatic hydroxyl groups excluding tert-OH is 1. The van der Waals surface area contributed by atoms with Gasteiger partial charge in [0.25, 0.3) is 0 Å². The summed E-state index contributed by atoms with van der Waals surface area (Å²) in [5.74, 6) is 1.46. The van der Waals surface area contributed by atoms with Crippen LogP contribution in [0.4, 0.5) is 11.8 Å². The van der Waals surface area contributed by atoms with E-state index in [4.69, 9.17) is 5.11 Å². The molecular weight excluding hydrogens is 228 g/mol. The Labute approximate surface area is 106 Å². The highest BCUT2D eigenvalue weighted by Crippen LogP contribution is 2.24. The van der Waals surface area contributed by atoms with E-state index in [9.17, 15) is 0 Å². The zero-order valence-electron chi connectivity index (χ0n) is 10.7. The van der Waals surface area contributed by atoms with E-state index in [1.807, 2.05) is 36.1 Å². The molecule has 0 saturated carbocycles. The van der Waals surface area contributed by atoms with Crippen molar-refractivity contribution in [2.75, 3.05) is 37.0 Å². The van der Waals surface area contributed by atoms with Crippen molar-refractivity contribution in [3.8, 4) is 0 Å². The summed E-state index contributed by atoms with van der Waals surface area (Å²) in [6.07, 6.45) is 0. The Bertz CT molecular complexity index is 529. The largest absolute Gasteiger partial charge is 0.395 e. The number of para-hydroxylation sites is 1. The van der Waals surface area contributed by atoms with Crippen molar-refractivity contribution in [3.05, 3.63) is 24.3 Å². The van der Waals surface area contributed by atoms with E-state index >= 15 is 0 Å². The number of fused-ring (bicyclic) bond motifs is 1. The lowest BCUT2D eigenvalue weighted by Crippen LogP contribution is -2.27. The smallest absolute Gasteiger partial charge is 0.224 e. The summed E-state index contributed by atoms with van der Waals surface area (Å²) in [5.41, 5.74) is 0.906. The summed E-state index contributed by atoms with van der Waals surface area (Å²) in [6.45, 7) is 3.53. The second kappa shape index (κ2) is 5.64. The van der Waals surface area contributed by atoms with E-state index in [-0.39, 0.29) is 6.61 Å². The molecule has 1 aromatic carbocycles. The molecule has 0 saturated heterocycles. The van der Waals surface area contributed by atoms with Crippen molar-refractivity contribution in [2.24, 2.45) is 0 Å². The summed E-state index contributed by atoms with van der Waals surface area (Å²) in [4.78, 5) is 11.0. The number of nitrogens with one attached hydrogen (secondary N) is 1. The van der Waals surface area contributed by atoms with Crippen LogP contribution >= 0.6 is 0 Å². The van der Waals surface area contributed by atoms with Crippen LogP contribution in [0.5, 0.6) is 0 Å². The minimum absolute atomic E-state index is 0.112. The van der Waals surface area contributed by atoms with Gasteiger partial charge in [0.1, 0.15) is 5.82 Å². The maximum atomic E-state index is 9.13. The van der Waals surface area contributed by atoms with Crippen LogP contribution < -0.4 is 10.2 Å². The lowest BCUT2D eigenvalue weighted by atomic mass is 10.2. The fourth-order valence-electron chi connectivity index (χ4n) is 1.95. The molecule has 0 radical (unpaired) electrons. The lowest BCUT2D eigenvalue weighted by molar-refractivity contribution is 0.302. The molecule has 2 N–H and O–H groups in total. The van der Waals surface area contributed by atoms with E-state index in [0.717, 1.165) is 23.3 Å². The summed E-state index contributed by atoms with van der Waals surface area (Å²) >= 11 is 0. The van der Waals surface area contributed by atoms with Gasteiger partial charge in [0.05, 0.1) is 12.1 Å². The fourth-order valence-corrected chi connectivity index (χ4v) is 1.95. The van der Waals surface area contributed by atoms with Crippen molar-refractivity contribution >= 4 is 22.7 Å². The second-order valence-electron chi connectivity index (χ2n) is 3.94.